The van der Waals surface area contributed by atoms with Crippen molar-refractivity contribution in [1.82, 2.24) is 0 Å². The fourth-order valence-electron chi connectivity index (χ4n) is 3.29. The molecule has 28 heavy (non-hydrogen) atoms. The maximum atomic E-state index is 12.8. The normalized spacial score (nSPS) is 11.0. The number of hydrogen-bond donors (Lipinski definition) is 2. The zero-order valence-corrected chi connectivity index (χ0v) is 16.0. The molecule has 0 saturated heterocycles. The number of aliphatic hydroxyl groups excluding tert-OH is 1. The van der Waals surface area contributed by atoms with E-state index in [1.807, 2.05) is 61.5 Å². The topological polar surface area (TPSA) is 62.5 Å². The summed E-state index contributed by atoms with van der Waals surface area (Å²) >= 11 is 6.25. The summed E-state index contributed by atoms with van der Waals surface area (Å²) in [6, 6.07) is 20.2. The summed E-state index contributed by atoms with van der Waals surface area (Å²) < 4.78 is 5.60. The van der Waals surface area contributed by atoms with Crippen molar-refractivity contribution in [2.24, 2.45) is 0 Å². The average molecular weight is 392 g/mol. The van der Waals surface area contributed by atoms with E-state index in [0.717, 1.165) is 21.9 Å². The van der Waals surface area contributed by atoms with Gasteiger partial charge in [0, 0.05) is 27.2 Å². The maximum absolute atomic E-state index is 12.8. The summed E-state index contributed by atoms with van der Waals surface area (Å²) in [6.45, 7) is 1.81. The van der Waals surface area contributed by atoms with Crippen LogP contribution in [-0.4, -0.2) is 11.0 Å². The second-order valence-corrected chi connectivity index (χ2v) is 6.96. The monoisotopic (exact) mass is 391 g/mol. The SMILES string of the molecule is Cc1cc(NC(=O)c2cccc3c(Cl)cccc23)ccc1-c1ccc(CO)o1. The molecular formula is C23H18ClNO3. The minimum absolute atomic E-state index is 0.137. The fourth-order valence-corrected chi connectivity index (χ4v) is 3.53. The van der Waals surface area contributed by atoms with Crippen LogP contribution in [0.4, 0.5) is 5.69 Å². The molecule has 0 aliphatic carbocycles. The van der Waals surface area contributed by atoms with Gasteiger partial charge < -0.3 is 14.8 Å². The highest BCUT2D eigenvalue weighted by Gasteiger charge is 2.13. The van der Waals surface area contributed by atoms with Crippen LogP contribution in [0.25, 0.3) is 22.1 Å². The Morgan fingerprint density at radius 1 is 1.04 bits per heavy atom. The van der Waals surface area contributed by atoms with Crippen molar-refractivity contribution in [2.75, 3.05) is 5.32 Å². The number of benzene rings is 3. The minimum Gasteiger partial charge on any atom is -0.459 e. The zero-order chi connectivity index (χ0) is 19.7. The van der Waals surface area contributed by atoms with Crippen molar-refractivity contribution in [1.29, 1.82) is 0 Å². The van der Waals surface area contributed by atoms with E-state index in [2.05, 4.69) is 5.32 Å². The Balaban J connectivity index is 1.62. The van der Waals surface area contributed by atoms with Gasteiger partial charge in [-0.05, 0) is 60.3 Å². The molecule has 0 saturated carbocycles. The highest BCUT2D eigenvalue weighted by molar-refractivity contribution is 6.36. The Labute approximate surface area is 167 Å². The molecule has 1 heterocycles. The lowest BCUT2D eigenvalue weighted by Crippen LogP contribution is -2.12. The van der Waals surface area contributed by atoms with Gasteiger partial charge in [-0.2, -0.15) is 0 Å². The van der Waals surface area contributed by atoms with Gasteiger partial charge >= 0.3 is 0 Å². The number of aliphatic hydroxyl groups is 1. The van der Waals surface area contributed by atoms with Crippen LogP contribution in [0.15, 0.2) is 71.1 Å². The number of nitrogens with one attached hydrogen (secondary N) is 1. The van der Waals surface area contributed by atoms with E-state index in [4.69, 9.17) is 21.1 Å². The zero-order valence-electron chi connectivity index (χ0n) is 15.2. The van der Waals surface area contributed by atoms with Gasteiger partial charge in [-0.1, -0.05) is 35.9 Å². The first-order chi connectivity index (χ1) is 13.6. The molecule has 140 valence electrons. The van der Waals surface area contributed by atoms with Crippen LogP contribution in [-0.2, 0) is 6.61 Å². The maximum Gasteiger partial charge on any atom is 0.256 e. The van der Waals surface area contributed by atoms with Gasteiger partial charge in [0.25, 0.3) is 5.91 Å². The van der Waals surface area contributed by atoms with Crippen LogP contribution in [0.5, 0.6) is 0 Å². The van der Waals surface area contributed by atoms with Gasteiger partial charge in [0.2, 0.25) is 0 Å². The molecular weight excluding hydrogens is 374 g/mol. The summed E-state index contributed by atoms with van der Waals surface area (Å²) in [5.41, 5.74) is 3.13. The Bertz CT molecular complexity index is 1180. The molecule has 0 atom stereocenters. The molecule has 0 spiro atoms. The fraction of sp³-hybridized carbons (Fsp3) is 0.0870. The van der Waals surface area contributed by atoms with E-state index in [1.165, 1.54) is 0 Å². The molecule has 5 heteroatoms. The molecule has 3 aromatic carbocycles. The molecule has 1 amide bonds. The van der Waals surface area contributed by atoms with E-state index >= 15 is 0 Å². The van der Waals surface area contributed by atoms with Crippen molar-refractivity contribution in [2.45, 2.75) is 13.5 Å². The molecule has 4 aromatic rings. The summed E-state index contributed by atoms with van der Waals surface area (Å²) in [4.78, 5) is 12.8. The number of amides is 1. The minimum atomic E-state index is -0.194. The number of hydrogen-bond acceptors (Lipinski definition) is 3. The second kappa shape index (κ2) is 7.50. The lowest BCUT2D eigenvalue weighted by Gasteiger charge is -2.11. The molecule has 0 bridgehead atoms. The van der Waals surface area contributed by atoms with Gasteiger partial charge in [-0.25, -0.2) is 0 Å². The average Bonchev–Trinajstić information content (AvgIpc) is 3.17. The lowest BCUT2D eigenvalue weighted by atomic mass is 10.0. The molecule has 4 rings (SSSR count). The quantitative estimate of drug-likeness (QED) is 0.461. The summed E-state index contributed by atoms with van der Waals surface area (Å²) in [5.74, 6) is 1.00. The first-order valence-electron chi connectivity index (χ1n) is 8.86. The number of carbonyl (C=O) groups excluding carboxylic acids is 1. The third-order valence-electron chi connectivity index (χ3n) is 4.68. The van der Waals surface area contributed by atoms with Crippen LogP contribution in [0.1, 0.15) is 21.7 Å². The Kier molecular flexibility index (Phi) is 4.90. The van der Waals surface area contributed by atoms with Gasteiger partial charge in [0.05, 0.1) is 0 Å². The van der Waals surface area contributed by atoms with Gasteiger partial charge in [0.15, 0.2) is 0 Å². The number of furan rings is 1. The predicted molar refractivity (Wildman–Crippen MR) is 112 cm³/mol. The number of aryl methyl sites for hydroxylation is 1. The summed E-state index contributed by atoms with van der Waals surface area (Å²) in [6.07, 6.45) is 0. The van der Waals surface area contributed by atoms with E-state index in [0.29, 0.717) is 27.8 Å². The van der Waals surface area contributed by atoms with E-state index in [-0.39, 0.29) is 12.5 Å². The third-order valence-corrected chi connectivity index (χ3v) is 5.01. The van der Waals surface area contributed by atoms with E-state index in [9.17, 15) is 4.79 Å². The second-order valence-electron chi connectivity index (χ2n) is 6.55. The molecule has 4 nitrogen and oxygen atoms in total. The molecule has 0 aliphatic rings. The Hall–Kier alpha value is -3.08. The van der Waals surface area contributed by atoms with E-state index in [1.54, 1.807) is 12.1 Å². The van der Waals surface area contributed by atoms with Crippen LogP contribution in [0.2, 0.25) is 5.02 Å². The Morgan fingerprint density at radius 3 is 2.57 bits per heavy atom. The molecule has 0 radical (unpaired) electrons. The standard InChI is InChI=1S/C23H18ClNO3/c1-14-12-15(8-10-17(14)22-11-9-16(13-26)28-22)25-23(27)20-6-2-5-19-18(20)4-3-7-21(19)24/h2-12,26H,13H2,1H3,(H,25,27). The number of fused-ring (bicyclic) bond motifs is 1. The van der Waals surface area contributed by atoms with Crippen molar-refractivity contribution in [3.63, 3.8) is 0 Å². The van der Waals surface area contributed by atoms with Crippen molar-refractivity contribution in [3.05, 3.63) is 88.6 Å². The molecule has 1 aromatic heterocycles. The largest absolute Gasteiger partial charge is 0.459 e. The van der Waals surface area contributed by atoms with Gasteiger partial charge in [0.1, 0.15) is 18.1 Å². The van der Waals surface area contributed by atoms with Crippen LogP contribution in [0, 0.1) is 6.92 Å². The highest BCUT2D eigenvalue weighted by atomic mass is 35.5. The van der Waals surface area contributed by atoms with Gasteiger partial charge in [-0.15, -0.1) is 0 Å². The third kappa shape index (κ3) is 3.40. The number of carbonyl (C=O) groups is 1. The lowest BCUT2D eigenvalue weighted by molar-refractivity contribution is 0.102. The Morgan fingerprint density at radius 2 is 1.82 bits per heavy atom. The molecule has 0 unspecified atom stereocenters. The number of rotatable bonds is 4. The highest BCUT2D eigenvalue weighted by Crippen LogP contribution is 2.29. The number of anilines is 1. The summed E-state index contributed by atoms with van der Waals surface area (Å²) in [5, 5.41) is 14.4. The smallest absolute Gasteiger partial charge is 0.256 e. The predicted octanol–water partition coefficient (Wildman–Crippen LogP) is 5.81. The van der Waals surface area contributed by atoms with Crippen LogP contribution >= 0.6 is 11.6 Å². The first kappa shape index (κ1) is 18.3. The molecule has 0 fully saturated rings. The van der Waals surface area contributed by atoms with Crippen molar-refractivity contribution < 1.29 is 14.3 Å². The molecule has 2 N–H and O–H groups in total. The number of halogens is 1. The van der Waals surface area contributed by atoms with Crippen molar-refractivity contribution >= 4 is 34.0 Å². The first-order valence-corrected chi connectivity index (χ1v) is 9.24. The summed E-state index contributed by atoms with van der Waals surface area (Å²) in [7, 11) is 0. The van der Waals surface area contributed by atoms with Gasteiger partial charge in [-0.3, -0.25) is 4.79 Å². The van der Waals surface area contributed by atoms with Crippen LogP contribution < -0.4 is 5.32 Å². The van der Waals surface area contributed by atoms with Crippen LogP contribution in [0.3, 0.4) is 0 Å². The molecule has 0 aliphatic heterocycles. The van der Waals surface area contributed by atoms with Crippen molar-refractivity contribution in [3.8, 4) is 11.3 Å². The van der Waals surface area contributed by atoms with E-state index < -0.39 is 0 Å².